The molecule has 148 valence electrons. The molecule has 1 amide bonds. The van der Waals surface area contributed by atoms with Gasteiger partial charge in [0.1, 0.15) is 0 Å². The van der Waals surface area contributed by atoms with Gasteiger partial charge in [0, 0.05) is 28.0 Å². The van der Waals surface area contributed by atoms with Crippen molar-refractivity contribution < 1.29 is 4.79 Å². The third-order valence-corrected chi connectivity index (χ3v) is 5.79. The molecule has 3 aromatic rings. The molecule has 0 saturated heterocycles. The van der Waals surface area contributed by atoms with Crippen LogP contribution in [0.1, 0.15) is 46.4 Å². The number of halogens is 1. The maximum Gasteiger partial charge on any atom is 0.258 e. The summed E-state index contributed by atoms with van der Waals surface area (Å²) in [5, 5.41) is 4.30. The summed E-state index contributed by atoms with van der Waals surface area (Å²) in [6.07, 6.45) is 0.837. The zero-order valence-electron chi connectivity index (χ0n) is 16.9. The van der Waals surface area contributed by atoms with Crippen molar-refractivity contribution in [2.24, 2.45) is 0 Å². The average Bonchev–Trinajstić information content (AvgIpc) is 2.70. The number of nitrogens with one attached hydrogen (secondary N) is 1. The largest absolute Gasteiger partial charge is 0.378 e. The smallest absolute Gasteiger partial charge is 0.258 e. The quantitative estimate of drug-likeness (QED) is 0.536. The first kappa shape index (κ1) is 19.5. The van der Waals surface area contributed by atoms with Crippen LogP contribution in [0, 0.1) is 13.8 Å². The third kappa shape index (κ3) is 4.01. The van der Waals surface area contributed by atoms with Crippen LogP contribution in [0.3, 0.4) is 0 Å². The maximum atomic E-state index is 13.4. The topological polar surface area (TPSA) is 32.3 Å². The fourth-order valence-corrected chi connectivity index (χ4v) is 4.12. The van der Waals surface area contributed by atoms with Crippen molar-refractivity contribution >= 4 is 28.9 Å². The molecule has 0 spiro atoms. The van der Waals surface area contributed by atoms with Crippen LogP contribution >= 0.6 is 11.6 Å². The number of nitrogens with zero attached hydrogens (tertiary/aromatic N) is 1. The molecule has 0 fully saturated rings. The predicted molar refractivity (Wildman–Crippen MR) is 121 cm³/mol. The van der Waals surface area contributed by atoms with Crippen LogP contribution < -0.4 is 10.2 Å². The van der Waals surface area contributed by atoms with Gasteiger partial charge in [-0.05, 0) is 80.8 Å². The second-order valence-electron chi connectivity index (χ2n) is 7.89. The number of fused-ring (bicyclic) bond motifs is 1. The van der Waals surface area contributed by atoms with Gasteiger partial charge in [0.05, 0.1) is 6.04 Å². The van der Waals surface area contributed by atoms with Crippen LogP contribution in [0.15, 0.2) is 66.7 Å². The van der Waals surface area contributed by atoms with Gasteiger partial charge in [-0.3, -0.25) is 4.79 Å². The molecule has 0 aliphatic carbocycles. The van der Waals surface area contributed by atoms with Gasteiger partial charge in [0.25, 0.3) is 5.91 Å². The molecule has 0 saturated carbocycles. The number of hydrogen-bond acceptors (Lipinski definition) is 2. The summed E-state index contributed by atoms with van der Waals surface area (Å²) in [5.41, 5.74) is 6.25. The summed E-state index contributed by atoms with van der Waals surface area (Å²) in [6.45, 7) is 6.26. The number of hydrogen-bond donors (Lipinski definition) is 1. The van der Waals surface area contributed by atoms with E-state index in [4.69, 9.17) is 11.6 Å². The van der Waals surface area contributed by atoms with Crippen LogP contribution in [-0.2, 0) is 0 Å². The molecule has 3 nitrogen and oxygen atoms in total. The van der Waals surface area contributed by atoms with Crippen molar-refractivity contribution in [1.29, 1.82) is 0 Å². The summed E-state index contributed by atoms with van der Waals surface area (Å²) in [7, 11) is 0. The Bertz CT molecular complexity index is 1030. The van der Waals surface area contributed by atoms with Crippen molar-refractivity contribution in [3.8, 4) is 0 Å². The molecule has 4 heteroatoms. The van der Waals surface area contributed by atoms with E-state index >= 15 is 0 Å². The Morgan fingerprint density at radius 2 is 1.62 bits per heavy atom. The predicted octanol–water partition coefficient (Wildman–Crippen LogP) is 6.55. The summed E-state index contributed by atoms with van der Waals surface area (Å²) < 4.78 is 0. The third-order valence-electron chi connectivity index (χ3n) is 5.54. The lowest BCUT2D eigenvalue weighted by atomic mass is 9.90. The minimum Gasteiger partial charge on any atom is -0.378 e. The zero-order chi connectivity index (χ0) is 20.5. The van der Waals surface area contributed by atoms with Crippen LogP contribution in [0.2, 0.25) is 5.02 Å². The highest BCUT2D eigenvalue weighted by Crippen LogP contribution is 2.40. The van der Waals surface area contributed by atoms with Gasteiger partial charge in [-0.2, -0.15) is 0 Å². The van der Waals surface area contributed by atoms with Crippen molar-refractivity contribution in [2.75, 3.05) is 10.2 Å². The Kier molecular flexibility index (Phi) is 5.33. The molecule has 0 radical (unpaired) electrons. The molecular formula is C25H25ClN2O. The van der Waals surface area contributed by atoms with E-state index in [1.807, 2.05) is 4.90 Å². The van der Waals surface area contributed by atoms with E-state index in [2.05, 4.69) is 68.6 Å². The summed E-state index contributed by atoms with van der Waals surface area (Å²) in [5.74, 6) is 0.00908. The molecule has 1 N–H and O–H groups in total. The van der Waals surface area contributed by atoms with Crippen molar-refractivity contribution in [3.05, 3.63) is 94.0 Å². The Labute approximate surface area is 177 Å². The molecule has 1 aliphatic rings. The highest BCUT2D eigenvalue weighted by molar-refractivity contribution is 6.30. The van der Waals surface area contributed by atoms with Crippen LogP contribution in [0.4, 0.5) is 11.4 Å². The monoisotopic (exact) mass is 404 g/mol. The van der Waals surface area contributed by atoms with E-state index < -0.39 is 0 Å². The van der Waals surface area contributed by atoms with E-state index in [1.54, 1.807) is 24.3 Å². The van der Waals surface area contributed by atoms with Gasteiger partial charge in [0.2, 0.25) is 0 Å². The second-order valence-corrected chi connectivity index (χ2v) is 8.33. The molecule has 2 atom stereocenters. The van der Waals surface area contributed by atoms with E-state index in [-0.39, 0.29) is 18.0 Å². The number of benzene rings is 3. The summed E-state index contributed by atoms with van der Waals surface area (Å²) >= 11 is 6.01. The van der Waals surface area contributed by atoms with E-state index in [0.29, 0.717) is 10.6 Å². The first-order valence-electron chi connectivity index (χ1n) is 9.95. The minimum atomic E-state index is 0.00908. The summed E-state index contributed by atoms with van der Waals surface area (Å²) in [4.78, 5) is 15.3. The Balaban J connectivity index is 1.70. The molecule has 0 aromatic heterocycles. The lowest BCUT2D eigenvalue weighted by molar-refractivity contribution is 0.0974. The first-order chi connectivity index (χ1) is 13.9. The fraction of sp³-hybridized carbons (Fsp3) is 0.240. The molecule has 3 aromatic carbocycles. The standard InChI is InChI=1S/C25H25ClN2O/c1-16-4-11-21(12-5-16)27-23-15-18(3)28(24-14-17(2)6-13-22(23)24)25(29)19-7-9-20(26)10-8-19/h4-14,18,23,27H,15H2,1-3H3/t18-,23+/m1/s1. The Hall–Kier alpha value is -2.78. The fourth-order valence-electron chi connectivity index (χ4n) is 4.00. The van der Waals surface area contributed by atoms with Crippen molar-refractivity contribution in [2.45, 2.75) is 39.3 Å². The first-order valence-corrected chi connectivity index (χ1v) is 10.3. The van der Waals surface area contributed by atoms with Gasteiger partial charge in [0.15, 0.2) is 0 Å². The average molecular weight is 405 g/mol. The molecule has 0 bridgehead atoms. The van der Waals surface area contributed by atoms with E-state index in [0.717, 1.165) is 28.9 Å². The van der Waals surface area contributed by atoms with Gasteiger partial charge in [-0.25, -0.2) is 0 Å². The van der Waals surface area contributed by atoms with Crippen LogP contribution in [-0.4, -0.2) is 11.9 Å². The van der Waals surface area contributed by atoms with Gasteiger partial charge >= 0.3 is 0 Å². The van der Waals surface area contributed by atoms with E-state index in [1.165, 1.54) is 5.56 Å². The number of rotatable bonds is 3. The maximum absolute atomic E-state index is 13.4. The molecule has 4 rings (SSSR count). The number of anilines is 2. The van der Waals surface area contributed by atoms with Crippen molar-refractivity contribution in [1.82, 2.24) is 0 Å². The molecule has 29 heavy (non-hydrogen) atoms. The molecule has 1 heterocycles. The van der Waals surface area contributed by atoms with Crippen LogP contribution in [0.5, 0.6) is 0 Å². The lowest BCUT2D eigenvalue weighted by Crippen LogP contribution is -2.44. The SMILES string of the molecule is Cc1ccc(N[C@H]2C[C@@H](C)N(C(=O)c3ccc(Cl)cc3)c3cc(C)ccc32)cc1. The molecule has 1 aliphatic heterocycles. The van der Waals surface area contributed by atoms with Gasteiger partial charge < -0.3 is 10.2 Å². The zero-order valence-corrected chi connectivity index (χ0v) is 17.7. The van der Waals surface area contributed by atoms with E-state index in [9.17, 15) is 4.79 Å². The second kappa shape index (κ2) is 7.92. The van der Waals surface area contributed by atoms with Crippen LogP contribution in [0.25, 0.3) is 0 Å². The highest BCUT2D eigenvalue weighted by Gasteiger charge is 2.34. The Morgan fingerprint density at radius 3 is 2.31 bits per heavy atom. The molecular weight excluding hydrogens is 380 g/mol. The highest BCUT2D eigenvalue weighted by atomic mass is 35.5. The minimum absolute atomic E-state index is 0.00908. The number of aryl methyl sites for hydroxylation is 2. The Morgan fingerprint density at radius 1 is 0.966 bits per heavy atom. The number of amides is 1. The summed E-state index contributed by atoms with van der Waals surface area (Å²) in [6, 6.07) is 22.2. The normalized spacial score (nSPS) is 18.3. The lowest BCUT2D eigenvalue weighted by Gasteiger charge is -2.40. The van der Waals surface area contributed by atoms with Gasteiger partial charge in [-0.1, -0.05) is 41.4 Å². The van der Waals surface area contributed by atoms with Gasteiger partial charge in [-0.15, -0.1) is 0 Å². The number of carbonyl (C=O) groups excluding carboxylic acids is 1. The number of carbonyl (C=O) groups is 1. The molecule has 0 unspecified atom stereocenters. The van der Waals surface area contributed by atoms with Crippen molar-refractivity contribution in [3.63, 3.8) is 0 Å².